The summed E-state index contributed by atoms with van der Waals surface area (Å²) in [6.07, 6.45) is 4.85. The Morgan fingerprint density at radius 3 is 2.89 bits per heavy atom. The fourth-order valence-corrected chi connectivity index (χ4v) is 3.64. The van der Waals surface area contributed by atoms with Crippen LogP contribution in [0.3, 0.4) is 0 Å². The van der Waals surface area contributed by atoms with E-state index in [1.54, 1.807) is 6.07 Å². The quantitative estimate of drug-likeness (QED) is 0.839. The third-order valence-corrected chi connectivity index (χ3v) is 5.31. The predicted octanol–water partition coefficient (Wildman–Crippen LogP) is 3.33. The fourth-order valence-electron chi connectivity index (χ4n) is 3.64. The minimum Gasteiger partial charge on any atom is -0.481 e. The number of carboxylic acid groups (broad SMARTS) is 1. The van der Waals surface area contributed by atoms with Gasteiger partial charge in [-0.2, -0.15) is 4.98 Å². The molecule has 1 amide bonds. The molecule has 2 heterocycles. The van der Waals surface area contributed by atoms with E-state index in [0.29, 0.717) is 42.7 Å². The van der Waals surface area contributed by atoms with Gasteiger partial charge in [0.05, 0.1) is 0 Å². The highest BCUT2D eigenvalue weighted by molar-refractivity contribution is 5.95. The first-order valence-corrected chi connectivity index (χ1v) is 9.55. The number of aliphatic carboxylic acids is 1. The number of likely N-dealkylation sites (tertiary alicyclic amines) is 1. The van der Waals surface area contributed by atoms with Gasteiger partial charge in [-0.3, -0.25) is 9.59 Å². The Morgan fingerprint density at radius 2 is 2.11 bits per heavy atom. The maximum absolute atomic E-state index is 12.9. The Kier molecular flexibility index (Phi) is 4.92. The molecule has 2 fully saturated rings. The number of nitrogens with zero attached hydrogens (tertiary/aromatic N) is 3. The molecular formula is C20H23N3O4. The number of aromatic nitrogens is 2. The van der Waals surface area contributed by atoms with Crippen molar-refractivity contribution in [3.8, 4) is 11.4 Å². The Bertz CT molecular complexity index is 843. The second-order valence-corrected chi connectivity index (χ2v) is 7.50. The zero-order valence-electron chi connectivity index (χ0n) is 15.1. The van der Waals surface area contributed by atoms with Gasteiger partial charge in [-0.25, -0.2) is 0 Å². The standard InChI is InChI=1S/C20H23N3O4/c24-17(25)9-6-13-3-2-10-23(12-13)20(26)16-5-1-4-15(11-16)18-21-19(27-22-18)14-7-8-14/h1,4-5,11,13-14H,2-3,6-10,12H2,(H,24,25). The van der Waals surface area contributed by atoms with Gasteiger partial charge in [-0.1, -0.05) is 17.3 Å². The van der Waals surface area contributed by atoms with Gasteiger partial charge in [0, 0.05) is 36.6 Å². The number of rotatable bonds is 6. The zero-order chi connectivity index (χ0) is 18.8. The molecule has 7 nitrogen and oxygen atoms in total. The van der Waals surface area contributed by atoms with Crippen molar-refractivity contribution in [2.75, 3.05) is 13.1 Å². The normalized spacial score (nSPS) is 19.9. The minimum atomic E-state index is -0.781. The van der Waals surface area contributed by atoms with Crippen molar-refractivity contribution in [2.45, 2.75) is 44.4 Å². The van der Waals surface area contributed by atoms with E-state index < -0.39 is 5.97 Å². The van der Waals surface area contributed by atoms with Crippen molar-refractivity contribution < 1.29 is 19.2 Å². The molecule has 1 aromatic carbocycles. The first-order valence-electron chi connectivity index (χ1n) is 9.55. The van der Waals surface area contributed by atoms with E-state index in [9.17, 15) is 9.59 Å². The summed E-state index contributed by atoms with van der Waals surface area (Å²) in [5.74, 6) is 1.04. The average Bonchev–Trinajstić information content (AvgIpc) is 3.43. The predicted molar refractivity (Wildman–Crippen MR) is 97.2 cm³/mol. The van der Waals surface area contributed by atoms with Crippen LogP contribution in [0.15, 0.2) is 28.8 Å². The summed E-state index contributed by atoms with van der Waals surface area (Å²) >= 11 is 0. The Balaban J connectivity index is 1.45. The number of piperidine rings is 1. The lowest BCUT2D eigenvalue weighted by Gasteiger charge is -2.32. The topological polar surface area (TPSA) is 96.5 Å². The lowest BCUT2D eigenvalue weighted by atomic mass is 9.93. The summed E-state index contributed by atoms with van der Waals surface area (Å²) in [5.41, 5.74) is 1.38. The summed E-state index contributed by atoms with van der Waals surface area (Å²) in [6.45, 7) is 1.32. The molecule has 1 unspecified atom stereocenters. The maximum atomic E-state index is 12.9. The van der Waals surface area contributed by atoms with Crippen molar-refractivity contribution in [1.82, 2.24) is 15.0 Å². The van der Waals surface area contributed by atoms with Crippen LogP contribution < -0.4 is 0 Å². The number of carboxylic acids is 1. The fraction of sp³-hybridized carbons (Fsp3) is 0.500. The van der Waals surface area contributed by atoms with E-state index in [0.717, 1.165) is 31.2 Å². The molecule has 1 aliphatic carbocycles. The Labute approximate surface area is 157 Å². The van der Waals surface area contributed by atoms with Crippen LogP contribution in [0.4, 0.5) is 0 Å². The number of hydrogen-bond donors (Lipinski definition) is 1. The van der Waals surface area contributed by atoms with Gasteiger partial charge in [0.1, 0.15) is 0 Å². The highest BCUT2D eigenvalue weighted by atomic mass is 16.5. The second-order valence-electron chi connectivity index (χ2n) is 7.50. The molecular weight excluding hydrogens is 346 g/mol. The van der Waals surface area contributed by atoms with E-state index >= 15 is 0 Å². The molecule has 0 radical (unpaired) electrons. The van der Waals surface area contributed by atoms with Gasteiger partial charge in [-0.05, 0) is 50.2 Å². The lowest BCUT2D eigenvalue weighted by molar-refractivity contribution is -0.137. The van der Waals surface area contributed by atoms with Crippen molar-refractivity contribution in [3.63, 3.8) is 0 Å². The minimum absolute atomic E-state index is 0.0252. The molecule has 2 aromatic rings. The molecule has 1 N–H and O–H groups in total. The average molecular weight is 369 g/mol. The number of benzene rings is 1. The smallest absolute Gasteiger partial charge is 0.303 e. The highest BCUT2D eigenvalue weighted by Crippen LogP contribution is 2.39. The van der Waals surface area contributed by atoms with Gasteiger partial charge in [-0.15, -0.1) is 0 Å². The lowest BCUT2D eigenvalue weighted by Crippen LogP contribution is -2.40. The van der Waals surface area contributed by atoms with Crippen molar-refractivity contribution >= 4 is 11.9 Å². The van der Waals surface area contributed by atoms with Gasteiger partial charge < -0.3 is 14.5 Å². The highest BCUT2D eigenvalue weighted by Gasteiger charge is 2.30. The zero-order valence-corrected chi connectivity index (χ0v) is 15.1. The molecule has 1 saturated heterocycles. The molecule has 1 atom stereocenters. The van der Waals surface area contributed by atoms with Crippen molar-refractivity contribution in [1.29, 1.82) is 0 Å². The summed E-state index contributed by atoms with van der Waals surface area (Å²) < 4.78 is 5.32. The molecule has 27 heavy (non-hydrogen) atoms. The molecule has 1 saturated carbocycles. The summed E-state index contributed by atoms with van der Waals surface area (Å²) in [7, 11) is 0. The van der Waals surface area contributed by atoms with Crippen LogP contribution in [0.1, 0.15) is 60.7 Å². The van der Waals surface area contributed by atoms with E-state index in [1.165, 1.54) is 0 Å². The van der Waals surface area contributed by atoms with Gasteiger partial charge in [0.2, 0.25) is 11.7 Å². The maximum Gasteiger partial charge on any atom is 0.303 e. The molecule has 7 heteroatoms. The van der Waals surface area contributed by atoms with Crippen LogP contribution in [0.5, 0.6) is 0 Å². The Morgan fingerprint density at radius 1 is 1.26 bits per heavy atom. The van der Waals surface area contributed by atoms with Gasteiger partial charge in [0.15, 0.2) is 0 Å². The molecule has 1 aromatic heterocycles. The summed E-state index contributed by atoms with van der Waals surface area (Å²) in [4.78, 5) is 30.0. The van der Waals surface area contributed by atoms with Gasteiger partial charge in [0.25, 0.3) is 5.91 Å². The SMILES string of the molecule is O=C(O)CCC1CCCN(C(=O)c2cccc(-c3noc(C4CC4)n3)c2)C1. The van der Waals surface area contributed by atoms with E-state index in [2.05, 4.69) is 10.1 Å². The molecule has 4 rings (SSSR count). The monoisotopic (exact) mass is 369 g/mol. The number of hydrogen-bond acceptors (Lipinski definition) is 5. The van der Waals surface area contributed by atoms with E-state index in [1.807, 2.05) is 23.1 Å². The van der Waals surface area contributed by atoms with E-state index in [4.69, 9.17) is 9.63 Å². The Hall–Kier alpha value is -2.70. The van der Waals surface area contributed by atoms with Crippen LogP contribution in [0.25, 0.3) is 11.4 Å². The van der Waals surface area contributed by atoms with E-state index in [-0.39, 0.29) is 18.2 Å². The summed E-state index contributed by atoms with van der Waals surface area (Å²) in [6, 6.07) is 7.32. The number of carbonyl (C=O) groups is 2. The van der Waals surface area contributed by atoms with Crippen LogP contribution in [-0.4, -0.2) is 45.1 Å². The van der Waals surface area contributed by atoms with Crippen LogP contribution in [-0.2, 0) is 4.79 Å². The largest absolute Gasteiger partial charge is 0.481 e. The molecule has 2 aliphatic rings. The van der Waals surface area contributed by atoms with Crippen LogP contribution >= 0.6 is 0 Å². The number of carbonyl (C=O) groups excluding carboxylic acids is 1. The first-order chi connectivity index (χ1) is 13.1. The third kappa shape index (κ3) is 4.18. The first kappa shape index (κ1) is 17.7. The molecule has 142 valence electrons. The molecule has 1 aliphatic heterocycles. The molecule has 0 spiro atoms. The van der Waals surface area contributed by atoms with Crippen molar-refractivity contribution in [2.24, 2.45) is 5.92 Å². The van der Waals surface area contributed by atoms with Crippen molar-refractivity contribution in [3.05, 3.63) is 35.7 Å². The summed E-state index contributed by atoms with van der Waals surface area (Å²) in [5, 5.41) is 12.9. The van der Waals surface area contributed by atoms with Crippen LogP contribution in [0, 0.1) is 5.92 Å². The second kappa shape index (κ2) is 7.50. The van der Waals surface area contributed by atoms with Gasteiger partial charge >= 0.3 is 5.97 Å². The molecule has 0 bridgehead atoms. The van der Waals surface area contributed by atoms with Crippen LogP contribution in [0.2, 0.25) is 0 Å². The third-order valence-electron chi connectivity index (χ3n) is 5.31. The number of amides is 1.